The Bertz CT molecular complexity index is 1030. The van der Waals surface area contributed by atoms with Crippen LogP contribution in [0.5, 0.6) is 0 Å². The number of nitrogens with zero attached hydrogens (tertiary/aromatic N) is 4. The van der Waals surface area contributed by atoms with Gasteiger partial charge >= 0.3 is 0 Å². The smallest absolute Gasteiger partial charge is 0.231 e. The van der Waals surface area contributed by atoms with Crippen LogP contribution in [-0.2, 0) is 0 Å². The van der Waals surface area contributed by atoms with E-state index in [0.717, 1.165) is 32.0 Å². The molecule has 1 fully saturated rings. The lowest BCUT2D eigenvalue weighted by Gasteiger charge is -2.28. The molecule has 0 unspecified atom stereocenters. The monoisotopic (exact) mass is 369 g/mol. The van der Waals surface area contributed by atoms with Gasteiger partial charge in [0.2, 0.25) is 11.6 Å². The third-order valence-electron chi connectivity index (χ3n) is 4.45. The second-order valence-electron chi connectivity index (χ2n) is 6.32. The van der Waals surface area contributed by atoms with E-state index in [9.17, 15) is 4.79 Å². The first-order valence-electron chi connectivity index (χ1n) is 9.17. The molecule has 1 aromatic carbocycles. The van der Waals surface area contributed by atoms with Gasteiger partial charge < -0.3 is 10.2 Å². The van der Waals surface area contributed by atoms with Gasteiger partial charge in [0.25, 0.3) is 0 Å². The highest BCUT2D eigenvalue weighted by molar-refractivity contribution is 6.08. The zero-order chi connectivity index (χ0) is 19.2. The molecule has 0 radical (unpaired) electrons. The fourth-order valence-corrected chi connectivity index (χ4v) is 3.01. The lowest BCUT2D eigenvalue weighted by molar-refractivity contribution is 0.102. The summed E-state index contributed by atoms with van der Waals surface area (Å²) < 4.78 is 0. The number of nitrogens with one attached hydrogen (secondary N) is 1. The van der Waals surface area contributed by atoms with E-state index in [1.165, 1.54) is 0 Å². The summed E-state index contributed by atoms with van der Waals surface area (Å²) in [6.45, 7) is 3.52. The number of anilines is 1. The molecule has 1 N–H and O–H groups in total. The fourth-order valence-electron chi connectivity index (χ4n) is 3.01. The molecule has 0 saturated carbocycles. The normalized spacial score (nSPS) is 13.5. The molecule has 2 aromatic heterocycles. The number of piperazine rings is 1. The van der Waals surface area contributed by atoms with E-state index in [0.29, 0.717) is 16.8 Å². The highest BCUT2D eigenvalue weighted by Crippen LogP contribution is 2.15. The summed E-state index contributed by atoms with van der Waals surface area (Å²) in [7, 11) is 0. The first-order chi connectivity index (χ1) is 13.8. The first-order valence-corrected chi connectivity index (χ1v) is 9.17. The SMILES string of the molecule is O=C(c1nccc(N2CCNCC2)n1)c1ccccc1C#Cc1ccccn1. The van der Waals surface area contributed by atoms with Crippen molar-refractivity contribution in [2.24, 2.45) is 0 Å². The van der Waals surface area contributed by atoms with Gasteiger partial charge in [0.05, 0.1) is 0 Å². The predicted octanol–water partition coefficient (Wildman–Crippen LogP) is 1.91. The number of pyridine rings is 1. The van der Waals surface area contributed by atoms with E-state index in [1.807, 2.05) is 42.5 Å². The molecule has 0 atom stereocenters. The Hall–Kier alpha value is -3.56. The van der Waals surface area contributed by atoms with Gasteiger partial charge in [-0.2, -0.15) is 0 Å². The average molecular weight is 369 g/mol. The Balaban J connectivity index is 1.63. The minimum Gasteiger partial charge on any atom is -0.354 e. The molecular weight excluding hydrogens is 350 g/mol. The van der Waals surface area contributed by atoms with Crippen LogP contribution in [0.2, 0.25) is 0 Å². The Morgan fingerprint density at radius 3 is 2.57 bits per heavy atom. The molecular formula is C22H19N5O. The third-order valence-corrected chi connectivity index (χ3v) is 4.45. The Morgan fingerprint density at radius 1 is 0.929 bits per heavy atom. The van der Waals surface area contributed by atoms with Crippen LogP contribution in [0.15, 0.2) is 60.9 Å². The van der Waals surface area contributed by atoms with E-state index in [4.69, 9.17) is 0 Å². The minimum absolute atomic E-state index is 0.183. The molecule has 6 nitrogen and oxygen atoms in total. The molecule has 1 saturated heterocycles. The highest BCUT2D eigenvalue weighted by Gasteiger charge is 2.18. The van der Waals surface area contributed by atoms with E-state index in [2.05, 4.69) is 37.0 Å². The molecule has 0 spiro atoms. The van der Waals surface area contributed by atoms with E-state index in [-0.39, 0.29) is 11.6 Å². The molecule has 3 aromatic rings. The molecule has 1 aliphatic heterocycles. The first kappa shape index (κ1) is 17.8. The lowest BCUT2D eigenvalue weighted by atomic mass is 10.0. The van der Waals surface area contributed by atoms with Crippen molar-refractivity contribution >= 4 is 11.6 Å². The predicted molar refractivity (Wildman–Crippen MR) is 107 cm³/mol. The van der Waals surface area contributed by atoms with Crippen molar-refractivity contribution in [3.8, 4) is 11.8 Å². The standard InChI is InChI=1S/C22H19N5O/c28-21(22-25-12-10-20(26-22)27-15-13-23-14-16-27)19-7-2-1-5-17(19)8-9-18-6-3-4-11-24-18/h1-7,10-12,23H,13-16H2. The van der Waals surface area contributed by atoms with E-state index < -0.39 is 0 Å². The van der Waals surface area contributed by atoms with Crippen LogP contribution in [0.1, 0.15) is 27.4 Å². The van der Waals surface area contributed by atoms with E-state index >= 15 is 0 Å². The Labute approximate surface area is 163 Å². The Kier molecular flexibility index (Phi) is 5.36. The van der Waals surface area contributed by atoms with E-state index in [1.54, 1.807) is 18.5 Å². The summed E-state index contributed by atoms with van der Waals surface area (Å²) in [6, 6.07) is 14.6. The third kappa shape index (κ3) is 4.05. The van der Waals surface area contributed by atoms with Crippen LogP contribution >= 0.6 is 0 Å². The zero-order valence-corrected chi connectivity index (χ0v) is 15.3. The summed E-state index contributed by atoms with van der Waals surface area (Å²) in [5.41, 5.74) is 1.78. The highest BCUT2D eigenvalue weighted by atomic mass is 16.1. The van der Waals surface area contributed by atoms with Crippen LogP contribution in [-0.4, -0.2) is 46.9 Å². The van der Waals surface area contributed by atoms with Crippen LogP contribution in [0.25, 0.3) is 0 Å². The van der Waals surface area contributed by atoms with Crippen molar-refractivity contribution in [2.75, 3.05) is 31.1 Å². The molecule has 0 aliphatic carbocycles. The molecule has 0 bridgehead atoms. The second kappa shape index (κ2) is 8.42. The minimum atomic E-state index is -0.233. The van der Waals surface area contributed by atoms with Gasteiger partial charge in [0.1, 0.15) is 11.5 Å². The number of rotatable bonds is 3. The summed E-state index contributed by atoms with van der Waals surface area (Å²) in [4.78, 5) is 28.1. The van der Waals surface area contributed by atoms with Gasteiger partial charge in [0, 0.05) is 49.7 Å². The number of hydrogen-bond acceptors (Lipinski definition) is 6. The molecule has 6 heteroatoms. The molecule has 28 heavy (non-hydrogen) atoms. The maximum absolute atomic E-state index is 13.1. The lowest BCUT2D eigenvalue weighted by Crippen LogP contribution is -2.44. The van der Waals surface area contributed by atoms with Crippen molar-refractivity contribution in [1.82, 2.24) is 20.3 Å². The van der Waals surface area contributed by atoms with Gasteiger partial charge in [-0.15, -0.1) is 0 Å². The van der Waals surface area contributed by atoms with Gasteiger partial charge in [-0.1, -0.05) is 24.1 Å². The van der Waals surface area contributed by atoms with Gasteiger partial charge in [0.15, 0.2) is 0 Å². The summed E-state index contributed by atoms with van der Waals surface area (Å²) in [5.74, 6) is 6.78. The van der Waals surface area contributed by atoms with Crippen LogP contribution < -0.4 is 10.2 Å². The summed E-state index contributed by atoms with van der Waals surface area (Å²) in [6.07, 6.45) is 3.33. The van der Waals surface area contributed by atoms with Crippen molar-refractivity contribution in [2.45, 2.75) is 0 Å². The zero-order valence-electron chi connectivity index (χ0n) is 15.3. The number of benzene rings is 1. The van der Waals surface area contributed by atoms with Crippen LogP contribution in [0, 0.1) is 11.8 Å². The Morgan fingerprint density at radius 2 is 1.75 bits per heavy atom. The van der Waals surface area contributed by atoms with Crippen molar-refractivity contribution < 1.29 is 4.79 Å². The van der Waals surface area contributed by atoms with Crippen molar-refractivity contribution in [1.29, 1.82) is 0 Å². The number of aromatic nitrogens is 3. The average Bonchev–Trinajstić information content (AvgIpc) is 2.79. The maximum atomic E-state index is 13.1. The summed E-state index contributed by atoms with van der Waals surface area (Å²) in [5, 5.41) is 3.31. The number of carbonyl (C=O) groups excluding carboxylic acids is 1. The maximum Gasteiger partial charge on any atom is 0.231 e. The number of ketones is 1. The van der Waals surface area contributed by atoms with Crippen molar-refractivity contribution in [3.63, 3.8) is 0 Å². The number of carbonyl (C=O) groups is 1. The largest absolute Gasteiger partial charge is 0.354 e. The topological polar surface area (TPSA) is 71.0 Å². The van der Waals surface area contributed by atoms with Gasteiger partial charge in [-0.25, -0.2) is 15.0 Å². The molecule has 1 aliphatic rings. The molecule has 138 valence electrons. The molecule has 0 amide bonds. The van der Waals surface area contributed by atoms with Gasteiger partial charge in [-0.3, -0.25) is 4.79 Å². The quantitative estimate of drug-likeness (QED) is 0.562. The number of hydrogen-bond donors (Lipinski definition) is 1. The van der Waals surface area contributed by atoms with Crippen LogP contribution in [0.4, 0.5) is 5.82 Å². The van der Waals surface area contributed by atoms with Crippen molar-refractivity contribution in [3.05, 3.63) is 83.6 Å². The van der Waals surface area contributed by atoms with Crippen LogP contribution in [0.3, 0.4) is 0 Å². The molecule has 4 rings (SSSR count). The summed E-state index contributed by atoms with van der Waals surface area (Å²) >= 11 is 0. The van der Waals surface area contributed by atoms with Gasteiger partial charge in [-0.05, 0) is 36.3 Å². The second-order valence-corrected chi connectivity index (χ2v) is 6.32. The molecule has 3 heterocycles. The fraction of sp³-hybridized carbons (Fsp3) is 0.182.